The van der Waals surface area contributed by atoms with Gasteiger partial charge in [0.05, 0.1) is 13.2 Å². The third kappa shape index (κ3) is 4.92. The number of ether oxygens (including phenoxy) is 2. The largest absolute Gasteiger partial charge is 0.394 e. The molecular weight excluding hydrogens is 572 g/mol. The molecule has 6 heterocycles. The average molecular weight is 605 g/mol. The molecule has 0 saturated carbocycles. The Bertz CT molecular complexity index is 1490. The first-order valence-corrected chi connectivity index (χ1v) is 13.4. The van der Waals surface area contributed by atoms with Crippen LogP contribution in [-0.4, -0.2) is 133 Å². The molecule has 232 valence electrons. The molecule has 0 aromatic carbocycles. The highest BCUT2D eigenvalue weighted by atomic mass is 16.6. The fraction of sp³-hybridized carbons (Fsp3) is 0.565. The van der Waals surface area contributed by atoms with Crippen molar-refractivity contribution < 1.29 is 40.1 Å². The van der Waals surface area contributed by atoms with Gasteiger partial charge in [0.1, 0.15) is 49.3 Å². The van der Waals surface area contributed by atoms with Crippen molar-refractivity contribution in [2.45, 2.75) is 55.5 Å². The summed E-state index contributed by atoms with van der Waals surface area (Å²) >= 11 is 0. The lowest BCUT2D eigenvalue weighted by Gasteiger charge is -2.20. The second-order valence-electron chi connectivity index (χ2n) is 10.1. The van der Waals surface area contributed by atoms with Gasteiger partial charge in [-0.25, -0.2) is 29.9 Å². The van der Waals surface area contributed by atoms with E-state index in [1.807, 2.05) is 0 Å². The number of hydrogen-bond donors (Lipinski definition) is 10. The molecule has 20 heteroatoms. The second-order valence-corrected chi connectivity index (χ2v) is 10.1. The van der Waals surface area contributed by atoms with Crippen molar-refractivity contribution in [1.29, 1.82) is 0 Å². The Balaban J connectivity index is 1.19. The molecule has 0 aliphatic carbocycles. The second kappa shape index (κ2) is 11.6. The van der Waals surface area contributed by atoms with Gasteiger partial charge in [0.25, 0.3) is 0 Å². The van der Waals surface area contributed by atoms with E-state index in [2.05, 4.69) is 40.5 Å². The summed E-state index contributed by atoms with van der Waals surface area (Å²) in [7, 11) is 0. The molecule has 0 radical (unpaired) electrons. The van der Waals surface area contributed by atoms with Crippen molar-refractivity contribution in [3.63, 3.8) is 0 Å². The average Bonchev–Trinajstić information content (AvgIpc) is 3.71. The first-order chi connectivity index (χ1) is 20.7. The van der Waals surface area contributed by atoms with E-state index >= 15 is 0 Å². The van der Waals surface area contributed by atoms with E-state index in [0.29, 0.717) is 19.5 Å². The van der Waals surface area contributed by atoms with Gasteiger partial charge in [0, 0.05) is 13.1 Å². The summed E-state index contributed by atoms with van der Waals surface area (Å²) in [5, 5.41) is 67.3. The zero-order valence-electron chi connectivity index (χ0n) is 22.5. The molecule has 8 atom stereocenters. The number of aliphatic hydroxyl groups excluding tert-OH is 6. The number of anilines is 4. The van der Waals surface area contributed by atoms with Crippen molar-refractivity contribution in [3.05, 3.63) is 12.7 Å². The molecule has 2 saturated heterocycles. The number of rotatable bonds is 10. The third-order valence-corrected chi connectivity index (χ3v) is 7.47. The molecule has 12 N–H and O–H groups in total. The Morgan fingerprint density at radius 3 is 1.47 bits per heavy atom. The molecule has 0 amide bonds. The van der Waals surface area contributed by atoms with Crippen LogP contribution in [0.15, 0.2) is 12.7 Å². The Morgan fingerprint density at radius 2 is 1.09 bits per heavy atom. The van der Waals surface area contributed by atoms with Gasteiger partial charge in [-0.15, -0.1) is 0 Å². The van der Waals surface area contributed by atoms with Gasteiger partial charge in [0.2, 0.25) is 11.9 Å². The molecular formula is C23H32N12O8. The minimum Gasteiger partial charge on any atom is -0.394 e. The zero-order chi connectivity index (χ0) is 30.4. The standard InChI is InChI=1S/C23H32N12O8/c24-16-10-18(30-6-28-16)34(20-14(40)12(38)8(4-36)42-20)22(32-10)26-2-1-3-27-23-33-11-17(25)29-7-31-19(11)35(23)21-15(41)13(39)9(5-37)43-21/h6-9,12-15,20-21,36-41H,1-5H2,(H,26,32)(H,27,33)(H2,24,28,30)(H2,25,29,31)/t8-,9-,12+,13+,14+,15+,20-,21-/m1/s1. The molecule has 43 heavy (non-hydrogen) atoms. The first-order valence-electron chi connectivity index (χ1n) is 13.4. The minimum atomic E-state index is -1.38. The van der Waals surface area contributed by atoms with Gasteiger partial charge in [-0.05, 0) is 6.42 Å². The highest BCUT2D eigenvalue weighted by molar-refractivity contribution is 5.84. The topological polar surface area (TPSA) is 303 Å². The van der Waals surface area contributed by atoms with Gasteiger partial charge in [-0.1, -0.05) is 0 Å². The number of nitrogens with two attached hydrogens (primary N) is 2. The smallest absolute Gasteiger partial charge is 0.207 e. The fourth-order valence-corrected chi connectivity index (χ4v) is 5.26. The van der Waals surface area contributed by atoms with E-state index < -0.39 is 62.3 Å². The maximum Gasteiger partial charge on any atom is 0.207 e. The van der Waals surface area contributed by atoms with Crippen molar-refractivity contribution in [2.75, 3.05) is 48.4 Å². The monoisotopic (exact) mass is 604 g/mol. The lowest BCUT2D eigenvalue weighted by molar-refractivity contribution is -0.0501. The van der Waals surface area contributed by atoms with Crippen molar-refractivity contribution in [3.8, 4) is 0 Å². The Morgan fingerprint density at radius 1 is 0.674 bits per heavy atom. The number of imidazole rings is 2. The molecule has 4 aromatic heterocycles. The summed E-state index contributed by atoms with van der Waals surface area (Å²) < 4.78 is 14.3. The molecule has 20 nitrogen and oxygen atoms in total. The van der Waals surface area contributed by atoms with Gasteiger partial charge < -0.3 is 62.2 Å². The Hall–Kier alpha value is -4.02. The van der Waals surface area contributed by atoms with Crippen LogP contribution < -0.4 is 22.1 Å². The highest BCUT2D eigenvalue weighted by Gasteiger charge is 2.46. The summed E-state index contributed by atoms with van der Waals surface area (Å²) in [4.78, 5) is 25.3. The maximum atomic E-state index is 10.6. The summed E-state index contributed by atoms with van der Waals surface area (Å²) in [6.07, 6.45) is -6.74. The van der Waals surface area contributed by atoms with E-state index in [-0.39, 0.29) is 45.9 Å². The van der Waals surface area contributed by atoms with E-state index in [0.717, 1.165) is 0 Å². The number of nitrogen functional groups attached to an aromatic ring is 2. The molecule has 0 spiro atoms. The van der Waals surface area contributed by atoms with E-state index in [1.165, 1.54) is 21.8 Å². The van der Waals surface area contributed by atoms with E-state index in [1.54, 1.807) is 0 Å². The summed E-state index contributed by atoms with van der Waals surface area (Å²) in [6.45, 7) is -0.349. The Labute approximate surface area is 242 Å². The third-order valence-electron chi connectivity index (χ3n) is 7.47. The van der Waals surface area contributed by atoms with Crippen LogP contribution in [-0.2, 0) is 9.47 Å². The number of aliphatic hydroxyl groups is 6. The molecule has 4 aromatic rings. The van der Waals surface area contributed by atoms with Crippen LogP contribution in [0.25, 0.3) is 22.3 Å². The van der Waals surface area contributed by atoms with Crippen molar-refractivity contribution >= 4 is 45.9 Å². The number of aromatic nitrogens is 8. The fourth-order valence-electron chi connectivity index (χ4n) is 5.26. The van der Waals surface area contributed by atoms with Crippen LogP contribution in [0.1, 0.15) is 18.9 Å². The zero-order valence-corrected chi connectivity index (χ0v) is 22.5. The van der Waals surface area contributed by atoms with Crippen molar-refractivity contribution in [2.24, 2.45) is 0 Å². The van der Waals surface area contributed by atoms with E-state index in [9.17, 15) is 30.6 Å². The summed E-state index contributed by atoms with van der Waals surface area (Å²) in [6, 6.07) is 0. The van der Waals surface area contributed by atoms with Gasteiger partial charge in [-0.2, -0.15) is 0 Å². The van der Waals surface area contributed by atoms with Crippen LogP contribution in [0.4, 0.5) is 23.5 Å². The predicted molar refractivity (Wildman–Crippen MR) is 147 cm³/mol. The molecule has 2 fully saturated rings. The van der Waals surface area contributed by atoms with Crippen LogP contribution in [0.3, 0.4) is 0 Å². The molecule has 2 aliphatic heterocycles. The van der Waals surface area contributed by atoms with Crippen LogP contribution in [0, 0.1) is 0 Å². The quantitative estimate of drug-likeness (QED) is 0.0777. The number of fused-ring (bicyclic) bond motifs is 2. The molecule has 0 unspecified atom stereocenters. The maximum absolute atomic E-state index is 10.6. The summed E-state index contributed by atoms with van der Waals surface area (Å²) in [5.41, 5.74) is 13.0. The normalized spacial score (nSPS) is 29.2. The minimum absolute atomic E-state index is 0.103. The lowest BCUT2D eigenvalue weighted by atomic mass is 10.1. The van der Waals surface area contributed by atoms with Gasteiger partial charge >= 0.3 is 0 Å². The van der Waals surface area contributed by atoms with Crippen LogP contribution in [0.2, 0.25) is 0 Å². The predicted octanol–water partition coefficient (Wildman–Crippen LogP) is -3.73. The Kier molecular flexibility index (Phi) is 7.83. The molecule has 0 bridgehead atoms. The molecule has 2 aliphatic rings. The van der Waals surface area contributed by atoms with E-state index in [4.69, 9.17) is 20.9 Å². The molecule has 6 rings (SSSR count). The van der Waals surface area contributed by atoms with Gasteiger partial charge in [0.15, 0.2) is 46.4 Å². The number of nitrogens with one attached hydrogen (secondary N) is 2. The summed E-state index contributed by atoms with van der Waals surface area (Å²) in [5.74, 6) is 0.676. The van der Waals surface area contributed by atoms with Gasteiger partial charge in [-0.3, -0.25) is 9.13 Å². The number of nitrogens with zero attached hydrogens (tertiary/aromatic N) is 8. The number of hydrogen-bond acceptors (Lipinski definition) is 18. The van der Waals surface area contributed by atoms with Crippen LogP contribution in [0.5, 0.6) is 0 Å². The first kappa shape index (κ1) is 29.1. The SMILES string of the molecule is Nc1ncnc2c1nc(NCCCNc1nc3c(N)ncnc3n1[C@@H]1O[C@H](CO)[C@H](O)[C@@H]1O)n2[C@@H]1O[C@H](CO)[C@H](O)[C@@H]1O. The van der Waals surface area contributed by atoms with Crippen molar-refractivity contribution in [1.82, 2.24) is 39.0 Å². The lowest BCUT2D eigenvalue weighted by Crippen LogP contribution is -2.33. The van der Waals surface area contributed by atoms with Crippen LogP contribution >= 0.6 is 0 Å². The highest BCUT2D eigenvalue weighted by Crippen LogP contribution is 2.36.